The maximum atomic E-state index is 2.40. The van der Waals surface area contributed by atoms with E-state index >= 15 is 0 Å². The van der Waals surface area contributed by atoms with Crippen LogP contribution in [-0.4, -0.2) is 0 Å². The summed E-state index contributed by atoms with van der Waals surface area (Å²) < 4.78 is 0. The maximum Gasteiger partial charge on any atom is 0.00529 e. The summed E-state index contributed by atoms with van der Waals surface area (Å²) in [4.78, 5) is 0. The predicted molar refractivity (Wildman–Crippen MR) is 57.7 cm³/mol. The molecule has 0 amide bonds. The number of hydrogen-bond donors (Lipinski definition) is 0. The van der Waals surface area contributed by atoms with E-state index in [4.69, 9.17) is 0 Å². The van der Waals surface area contributed by atoms with E-state index in [2.05, 4.69) is 51.1 Å². The van der Waals surface area contributed by atoms with Crippen molar-refractivity contribution in [2.24, 2.45) is 5.92 Å². The van der Waals surface area contributed by atoms with Gasteiger partial charge in [0.05, 0.1) is 0 Å². The first-order chi connectivity index (χ1) is 6.20. The van der Waals surface area contributed by atoms with Crippen LogP contribution in [0, 0.1) is 5.92 Å². The standard InChI is InChI=1S/C13H16/c1-9(2)13-8-10(3)11-6-4-5-7-12(11)13/h4-9,13H,1-3H3. The molecular weight excluding hydrogens is 156 g/mol. The van der Waals surface area contributed by atoms with Crippen molar-refractivity contribution < 1.29 is 0 Å². The Bertz CT molecular complexity index is 345. The second-order valence-electron chi connectivity index (χ2n) is 4.21. The third-order valence-electron chi connectivity index (χ3n) is 2.89. The molecule has 1 unspecified atom stereocenters. The van der Waals surface area contributed by atoms with Gasteiger partial charge in [-0.25, -0.2) is 0 Å². The monoisotopic (exact) mass is 172 g/mol. The Balaban J connectivity index is 2.50. The molecular formula is C13H16. The SMILES string of the molecule is CC1=CC(C(C)C)c2ccccc21. The molecule has 0 heteroatoms. The zero-order valence-electron chi connectivity index (χ0n) is 8.54. The van der Waals surface area contributed by atoms with E-state index in [1.54, 1.807) is 0 Å². The lowest BCUT2D eigenvalue weighted by Gasteiger charge is -2.14. The summed E-state index contributed by atoms with van der Waals surface area (Å²) in [5.74, 6) is 1.34. The van der Waals surface area contributed by atoms with Gasteiger partial charge < -0.3 is 0 Å². The zero-order valence-corrected chi connectivity index (χ0v) is 8.54. The Labute approximate surface area is 80.3 Å². The van der Waals surface area contributed by atoms with Gasteiger partial charge in [0, 0.05) is 5.92 Å². The summed E-state index contributed by atoms with van der Waals surface area (Å²) in [6, 6.07) is 8.75. The van der Waals surface area contributed by atoms with Gasteiger partial charge in [-0.05, 0) is 29.5 Å². The summed E-state index contributed by atoms with van der Waals surface area (Å²) in [5.41, 5.74) is 4.39. The van der Waals surface area contributed by atoms with E-state index in [1.807, 2.05) is 0 Å². The van der Waals surface area contributed by atoms with Gasteiger partial charge in [0.1, 0.15) is 0 Å². The van der Waals surface area contributed by atoms with Crippen LogP contribution in [0.2, 0.25) is 0 Å². The molecule has 13 heavy (non-hydrogen) atoms. The van der Waals surface area contributed by atoms with Crippen molar-refractivity contribution in [3.8, 4) is 0 Å². The summed E-state index contributed by atoms with van der Waals surface area (Å²) >= 11 is 0. The van der Waals surface area contributed by atoms with E-state index in [-0.39, 0.29) is 0 Å². The third-order valence-corrected chi connectivity index (χ3v) is 2.89. The molecule has 1 aromatic carbocycles. The summed E-state index contributed by atoms with van der Waals surface area (Å²) in [5, 5.41) is 0. The predicted octanol–water partition coefficient (Wildman–Crippen LogP) is 3.84. The van der Waals surface area contributed by atoms with Crippen molar-refractivity contribution in [3.63, 3.8) is 0 Å². The number of allylic oxidation sites excluding steroid dienone is 2. The van der Waals surface area contributed by atoms with Gasteiger partial charge in [0.2, 0.25) is 0 Å². The molecule has 0 nitrogen and oxygen atoms in total. The molecule has 0 saturated heterocycles. The summed E-state index contributed by atoms with van der Waals surface area (Å²) in [6.07, 6.45) is 2.40. The number of benzene rings is 1. The normalized spacial score (nSPS) is 20.3. The van der Waals surface area contributed by atoms with Crippen molar-refractivity contribution in [1.29, 1.82) is 0 Å². The Morgan fingerprint density at radius 2 is 1.85 bits per heavy atom. The second-order valence-corrected chi connectivity index (χ2v) is 4.21. The van der Waals surface area contributed by atoms with E-state index < -0.39 is 0 Å². The molecule has 0 bridgehead atoms. The van der Waals surface area contributed by atoms with Crippen LogP contribution in [0.4, 0.5) is 0 Å². The lowest BCUT2D eigenvalue weighted by molar-refractivity contribution is 0.584. The van der Waals surface area contributed by atoms with Crippen molar-refractivity contribution in [2.45, 2.75) is 26.7 Å². The maximum absolute atomic E-state index is 2.40. The van der Waals surface area contributed by atoms with Crippen LogP contribution in [0.3, 0.4) is 0 Å². The Morgan fingerprint density at radius 3 is 2.54 bits per heavy atom. The van der Waals surface area contributed by atoms with Crippen LogP contribution >= 0.6 is 0 Å². The number of fused-ring (bicyclic) bond motifs is 1. The third kappa shape index (κ3) is 1.31. The lowest BCUT2D eigenvalue weighted by Crippen LogP contribution is -2.00. The first-order valence-electron chi connectivity index (χ1n) is 4.98. The summed E-state index contributed by atoms with van der Waals surface area (Å²) in [6.45, 7) is 6.79. The minimum absolute atomic E-state index is 0.635. The van der Waals surface area contributed by atoms with Gasteiger partial charge >= 0.3 is 0 Å². The molecule has 1 aromatic rings. The highest BCUT2D eigenvalue weighted by atomic mass is 14.3. The van der Waals surface area contributed by atoms with Crippen LogP contribution in [0.25, 0.3) is 5.57 Å². The molecule has 0 saturated carbocycles. The zero-order chi connectivity index (χ0) is 9.42. The first kappa shape index (κ1) is 8.55. The van der Waals surface area contributed by atoms with Gasteiger partial charge in [-0.15, -0.1) is 0 Å². The minimum Gasteiger partial charge on any atom is -0.0732 e. The Morgan fingerprint density at radius 1 is 1.15 bits per heavy atom. The van der Waals surface area contributed by atoms with Gasteiger partial charge in [-0.3, -0.25) is 0 Å². The highest BCUT2D eigenvalue weighted by Gasteiger charge is 2.22. The Kier molecular flexibility index (Phi) is 1.99. The quantitative estimate of drug-likeness (QED) is 0.603. The van der Waals surface area contributed by atoms with E-state index in [1.165, 1.54) is 16.7 Å². The van der Waals surface area contributed by atoms with Crippen molar-refractivity contribution in [1.82, 2.24) is 0 Å². The fourth-order valence-electron chi connectivity index (χ4n) is 2.15. The van der Waals surface area contributed by atoms with Crippen LogP contribution < -0.4 is 0 Å². The average Bonchev–Trinajstić information content (AvgIpc) is 2.45. The van der Waals surface area contributed by atoms with Crippen LogP contribution in [0.1, 0.15) is 37.8 Å². The smallest absolute Gasteiger partial charge is 0.00529 e. The largest absolute Gasteiger partial charge is 0.0732 e. The first-order valence-corrected chi connectivity index (χ1v) is 4.98. The van der Waals surface area contributed by atoms with Crippen LogP contribution in [0.15, 0.2) is 30.3 Å². The Hall–Kier alpha value is -1.04. The fourth-order valence-corrected chi connectivity index (χ4v) is 2.15. The molecule has 0 fully saturated rings. The topological polar surface area (TPSA) is 0 Å². The summed E-state index contributed by atoms with van der Waals surface area (Å²) in [7, 11) is 0. The van der Waals surface area contributed by atoms with Crippen LogP contribution in [0.5, 0.6) is 0 Å². The average molecular weight is 172 g/mol. The van der Waals surface area contributed by atoms with Crippen LogP contribution in [-0.2, 0) is 0 Å². The van der Waals surface area contributed by atoms with Crippen molar-refractivity contribution in [2.75, 3.05) is 0 Å². The van der Waals surface area contributed by atoms with Gasteiger partial charge in [0.25, 0.3) is 0 Å². The molecule has 0 radical (unpaired) electrons. The minimum atomic E-state index is 0.635. The van der Waals surface area contributed by atoms with E-state index in [0.717, 1.165) is 0 Å². The van der Waals surface area contributed by atoms with E-state index in [0.29, 0.717) is 11.8 Å². The highest BCUT2D eigenvalue weighted by Crippen LogP contribution is 2.39. The number of rotatable bonds is 1. The van der Waals surface area contributed by atoms with Gasteiger partial charge in [-0.1, -0.05) is 44.2 Å². The molecule has 0 N–H and O–H groups in total. The molecule has 2 rings (SSSR count). The molecule has 68 valence electrons. The number of hydrogen-bond acceptors (Lipinski definition) is 0. The van der Waals surface area contributed by atoms with Gasteiger partial charge in [-0.2, -0.15) is 0 Å². The second kappa shape index (κ2) is 3.02. The molecule has 1 aliphatic rings. The molecule has 0 aromatic heterocycles. The molecule has 1 aliphatic carbocycles. The fraction of sp³-hybridized carbons (Fsp3) is 0.385. The molecule has 0 aliphatic heterocycles. The molecule has 1 atom stereocenters. The van der Waals surface area contributed by atoms with Crippen molar-refractivity contribution >= 4 is 5.57 Å². The van der Waals surface area contributed by atoms with Gasteiger partial charge in [0.15, 0.2) is 0 Å². The molecule has 0 heterocycles. The highest BCUT2D eigenvalue weighted by molar-refractivity contribution is 5.73. The lowest BCUT2D eigenvalue weighted by atomic mass is 9.90. The molecule has 0 spiro atoms. The van der Waals surface area contributed by atoms with E-state index in [9.17, 15) is 0 Å². The van der Waals surface area contributed by atoms with Crippen molar-refractivity contribution in [3.05, 3.63) is 41.5 Å².